The predicted molar refractivity (Wildman–Crippen MR) is 92.7 cm³/mol. The standard InChI is InChI=1S/C18H20N4O4/c1-3-25-17(23)13-12(11-7-5-6-10(8-11)9-19)14(18(24)26-4-2)16(21)22-15(13)20/h5-8,12,22H,3-4,20-21H2,1-2H3. The molecule has 8 nitrogen and oxygen atoms in total. The van der Waals surface area contributed by atoms with Crippen LogP contribution in [0.15, 0.2) is 47.1 Å². The zero-order valence-electron chi connectivity index (χ0n) is 14.5. The van der Waals surface area contributed by atoms with Crippen molar-refractivity contribution in [1.29, 1.82) is 5.26 Å². The summed E-state index contributed by atoms with van der Waals surface area (Å²) in [5.74, 6) is -2.30. The highest BCUT2D eigenvalue weighted by molar-refractivity contribution is 5.99. The Labute approximate surface area is 151 Å². The van der Waals surface area contributed by atoms with Gasteiger partial charge in [-0.25, -0.2) is 9.59 Å². The second-order valence-electron chi connectivity index (χ2n) is 5.39. The molecule has 1 aliphatic heterocycles. The van der Waals surface area contributed by atoms with Gasteiger partial charge in [0.2, 0.25) is 0 Å². The van der Waals surface area contributed by atoms with E-state index in [9.17, 15) is 9.59 Å². The Morgan fingerprint density at radius 1 is 1.12 bits per heavy atom. The van der Waals surface area contributed by atoms with Crippen molar-refractivity contribution in [3.8, 4) is 6.07 Å². The summed E-state index contributed by atoms with van der Waals surface area (Å²) in [5.41, 5.74) is 12.9. The number of ether oxygens (including phenoxy) is 2. The Hall–Kier alpha value is -3.47. The van der Waals surface area contributed by atoms with Crippen LogP contribution in [0.5, 0.6) is 0 Å². The summed E-state index contributed by atoms with van der Waals surface area (Å²) in [6, 6.07) is 8.52. The van der Waals surface area contributed by atoms with Crippen molar-refractivity contribution in [3.05, 3.63) is 58.2 Å². The maximum Gasteiger partial charge on any atom is 0.338 e. The molecule has 5 N–H and O–H groups in total. The Morgan fingerprint density at radius 3 is 2.12 bits per heavy atom. The molecule has 0 radical (unpaired) electrons. The van der Waals surface area contributed by atoms with Crippen LogP contribution in [0, 0.1) is 11.3 Å². The molecule has 0 unspecified atom stereocenters. The molecule has 2 rings (SSSR count). The highest BCUT2D eigenvalue weighted by atomic mass is 16.5. The number of esters is 2. The Kier molecular flexibility index (Phi) is 5.86. The quantitative estimate of drug-likeness (QED) is 0.655. The summed E-state index contributed by atoms with van der Waals surface area (Å²) in [5, 5.41) is 11.8. The van der Waals surface area contributed by atoms with E-state index < -0.39 is 17.9 Å². The molecule has 0 saturated heterocycles. The number of carbonyl (C=O) groups is 2. The minimum absolute atomic E-state index is 0.0126. The van der Waals surface area contributed by atoms with Crippen LogP contribution in [0.1, 0.15) is 30.9 Å². The summed E-state index contributed by atoms with van der Waals surface area (Å²) in [7, 11) is 0. The summed E-state index contributed by atoms with van der Waals surface area (Å²) in [6.45, 7) is 3.59. The highest BCUT2D eigenvalue weighted by Crippen LogP contribution is 2.37. The maximum atomic E-state index is 12.5. The van der Waals surface area contributed by atoms with E-state index in [-0.39, 0.29) is 36.0 Å². The molecular weight excluding hydrogens is 336 g/mol. The van der Waals surface area contributed by atoms with E-state index in [2.05, 4.69) is 5.32 Å². The Balaban J connectivity index is 2.67. The highest BCUT2D eigenvalue weighted by Gasteiger charge is 2.39. The number of nitriles is 1. The first-order valence-electron chi connectivity index (χ1n) is 8.05. The third kappa shape index (κ3) is 3.62. The van der Waals surface area contributed by atoms with Gasteiger partial charge in [-0.2, -0.15) is 5.26 Å². The number of rotatable bonds is 5. The minimum atomic E-state index is -0.914. The van der Waals surface area contributed by atoms with Crippen molar-refractivity contribution >= 4 is 11.9 Å². The minimum Gasteiger partial charge on any atom is -0.463 e. The molecule has 136 valence electrons. The number of hydrogen-bond acceptors (Lipinski definition) is 8. The van der Waals surface area contributed by atoms with Crippen LogP contribution < -0.4 is 16.8 Å². The van der Waals surface area contributed by atoms with Gasteiger partial charge in [-0.15, -0.1) is 0 Å². The zero-order valence-corrected chi connectivity index (χ0v) is 14.5. The summed E-state index contributed by atoms with van der Waals surface area (Å²) < 4.78 is 10.2. The molecule has 26 heavy (non-hydrogen) atoms. The van der Waals surface area contributed by atoms with E-state index in [1.165, 1.54) is 0 Å². The lowest BCUT2D eigenvalue weighted by Gasteiger charge is -2.29. The predicted octanol–water partition coefficient (Wildman–Crippen LogP) is 0.712. The average molecular weight is 356 g/mol. The number of nitrogens with zero attached hydrogens (tertiary/aromatic N) is 1. The van der Waals surface area contributed by atoms with E-state index in [4.69, 9.17) is 26.2 Å². The van der Waals surface area contributed by atoms with Gasteiger partial charge in [0, 0.05) is 0 Å². The molecule has 0 aromatic heterocycles. The molecule has 0 fully saturated rings. The largest absolute Gasteiger partial charge is 0.463 e. The third-order valence-electron chi connectivity index (χ3n) is 3.77. The lowest BCUT2D eigenvalue weighted by Crippen LogP contribution is -2.39. The van der Waals surface area contributed by atoms with E-state index >= 15 is 0 Å². The smallest absolute Gasteiger partial charge is 0.338 e. The van der Waals surface area contributed by atoms with E-state index in [1.54, 1.807) is 38.1 Å². The fourth-order valence-corrected chi connectivity index (χ4v) is 2.73. The average Bonchev–Trinajstić information content (AvgIpc) is 2.61. The molecule has 0 spiro atoms. The Morgan fingerprint density at radius 2 is 1.65 bits per heavy atom. The fraction of sp³-hybridized carbons (Fsp3) is 0.278. The summed E-state index contributed by atoms with van der Waals surface area (Å²) in [6.07, 6.45) is 0. The van der Waals surface area contributed by atoms with Gasteiger partial charge in [0.15, 0.2) is 0 Å². The van der Waals surface area contributed by atoms with Gasteiger partial charge in [0.05, 0.1) is 41.9 Å². The summed E-state index contributed by atoms with van der Waals surface area (Å²) in [4.78, 5) is 25.0. The molecule has 1 aromatic carbocycles. The van der Waals surface area contributed by atoms with Crippen molar-refractivity contribution in [2.45, 2.75) is 19.8 Å². The molecule has 8 heteroatoms. The SMILES string of the molecule is CCOC(=O)C1=C(N)NC(N)=C(C(=O)OCC)C1c1cccc(C#N)c1. The van der Waals surface area contributed by atoms with Gasteiger partial charge in [0.1, 0.15) is 11.6 Å². The molecule has 0 atom stereocenters. The van der Waals surface area contributed by atoms with Crippen LogP contribution in [-0.4, -0.2) is 25.2 Å². The van der Waals surface area contributed by atoms with E-state index in [1.807, 2.05) is 6.07 Å². The van der Waals surface area contributed by atoms with E-state index in [0.717, 1.165) is 0 Å². The maximum absolute atomic E-state index is 12.5. The monoisotopic (exact) mass is 356 g/mol. The van der Waals surface area contributed by atoms with Gasteiger partial charge in [-0.05, 0) is 31.5 Å². The zero-order chi connectivity index (χ0) is 19.3. The second kappa shape index (κ2) is 8.07. The van der Waals surface area contributed by atoms with Crippen molar-refractivity contribution in [1.82, 2.24) is 5.32 Å². The first-order chi connectivity index (χ1) is 12.4. The number of dihydropyridines is 1. The Bertz CT molecular complexity index is 796. The number of benzene rings is 1. The van der Waals surface area contributed by atoms with Crippen molar-refractivity contribution in [3.63, 3.8) is 0 Å². The van der Waals surface area contributed by atoms with Gasteiger partial charge in [0.25, 0.3) is 0 Å². The molecule has 1 aromatic rings. The topological polar surface area (TPSA) is 140 Å². The lowest BCUT2D eigenvalue weighted by atomic mass is 9.82. The van der Waals surface area contributed by atoms with Crippen LogP contribution in [0.4, 0.5) is 0 Å². The van der Waals surface area contributed by atoms with Crippen molar-refractivity contribution < 1.29 is 19.1 Å². The first-order valence-corrected chi connectivity index (χ1v) is 8.05. The van der Waals surface area contributed by atoms with Crippen LogP contribution in [0.2, 0.25) is 0 Å². The van der Waals surface area contributed by atoms with E-state index in [0.29, 0.717) is 11.1 Å². The fourth-order valence-electron chi connectivity index (χ4n) is 2.73. The molecule has 0 amide bonds. The molecule has 0 saturated carbocycles. The molecule has 0 bridgehead atoms. The van der Waals surface area contributed by atoms with Crippen molar-refractivity contribution in [2.24, 2.45) is 11.5 Å². The number of nitrogens with one attached hydrogen (secondary N) is 1. The molecule has 1 aliphatic rings. The molecule has 0 aliphatic carbocycles. The van der Waals surface area contributed by atoms with Gasteiger partial charge in [-0.3, -0.25) is 0 Å². The van der Waals surface area contributed by atoms with Crippen molar-refractivity contribution in [2.75, 3.05) is 13.2 Å². The van der Waals surface area contributed by atoms with Gasteiger partial charge in [-0.1, -0.05) is 12.1 Å². The lowest BCUT2D eigenvalue weighted by molar-refractivity contribution is -0.139. The van der Waals surface area contributed by atoms with Gasteiger partial charge >= 0.3 is 11.9 Å². The summed E-state index contributed by atoms with van der Waals surface area (Å²) >= 11 is 0. The van der Waals surface area contributed by atoms with Gasteiger partial charge < -0.3 is 26.3 Å². The van der Waals surface area contributed by atoms with Crippen LogP contribution >= 0.6 is 0 Å². The van der Waals surface area contributed by atoms with Crippen LogP contribution in [0.3, 0.4) is 0 Å². The number of nitrogens with two attached hydrogens (primary N) is 2. The second-order valence-corrected chi connectivity index (χ2v) is 5.39. The normalized spacial score (nSPS) is 14.5. The number of carbonyl (C=O) groups excluding carboxylic acids is 2. The van der Waals surface area contributed by atoms with Crippen LogP contribution in [-0.2, 0) is 19.1 Å². The third-order valence-corrected chi connectivity index (χ3v) is 3.77. The first kappa shape index (κ1) is 18.9. The van der Waals surface area contributed by atoms with Crippen LogP contribution in [0.25, 0.3) is 0 Å². The number of hydrogen-bond donors (Lipinski definition) is 3. The molecular formula is C18H20N4O4. The molecule has 1 heterocycles.